The first-order valence-electron chi connectivity index (χ1n) is 7.96. The second kappa shape index (κ2) is 9.71. The lowest BCUT2D eigenvalue weighted by atomic mass is 10.1. The van der Waals surface area contributed by atoms with Gasteiger partial charge in [0, 0.05) is 12.6 Å². The molecule has 1 unspecified atom stereocenters. The van der Waals surface area contributed by atoms with Crippen molar-refractivity contribution in [2.75, 3.05) is 38.5 Å². The molecule has 0 amide bonds. The second-order valence-electron chi connectivity index (χ2n) is 5.80. The Morgan fingerprint density at radius 1 is 1.15 bits per heavy atom. The Morgan fingerprint density at radius 3 is 2.50 bits per heavy atom. The molecular formula is C14H31N3O2S. The zero-order valence-electron chi connectivity index (χ0n) is 13.0. The molecule has 0 bridgehead atoms. The molecule has 20 heavy (non-hydrogen) atoms. The van der Waals surface area contributed by atoms with Crippen LogP contribution in [0.1, 0.15) is 46.0 Å². The zero-order valence-corrected chi connectivity index (χ0v) is 13.8. The van der Waals surface area contributed by atoms with E-state index in [1.54, 1.807) is 0 Å². The largest absolute Gasteiger partial charge is 0.317 e. The van der Waals surface area contributed by atoms with E-state index in [0.29, 0.717) is 6.42 Å². The maximum Gasteiger partial charge on any atom is 0.211 e. The Balaban J connectivity index is 2.19. The summed E-state index contributed by atoms with van der Waals surface area (Å²) in [5.74, 6) is 0.216. The molecule has 0 aromatic rings. The van der Waals surface area contributed by atoms with Gasteiger partial charge in [0.05, 0.1) is 5.75 Å². The molecule has 1 aliphatic rings. The summed E-state index contributed by atoms with van der Waals surface area (Å²) >= 11 is 0. The number of nitrogens with one attached hydrogen (secondary N) is 2. The summed E-state index contributed by atoms with van der Waals surface area (Å²) in [6.45, 7) is 8.83. The van der Waals surface area contributed by atoms with Crippen molar-refractivity contribution in [2.45, 2.75) is 52.0 Å². The van der Waals surface area contributed by atoms with Crippen molar-refractivity contribution >= 4 is 10.0 Å². The highest BCUT2D eigenvalue weighted by Gasteiger charge is 2.18. The van der Waals surface area contributed by atoms with Crippen molar-refractivity contribution in [1.82, 2.24) is 14.9 Å². The Labute approximate surface area is 124 Å². The lowest BCUT2D eigenvalue weighted by Crippen LogP contribution is -2.44. The molecule has 120 valence electrons. The van der Waals surface area contributed by atoms with Crippen molar-refractivity contribution in [2.24, 2.45) is 0 Å². The van der Waals surface area contributed by atoms with Crippen molar-refractivity contribution in [3.63, 3.8) is 0 Å². The highest BCUT2D eigenvalue weighted by molar-refractivity contribution is 7.89. The van der Waals surface area contributed by atoms with Crippen LogP contribution in [-0.2, 0) is 10.0 Å². The lowest BCUT2D eigenvalue weighted by Gasteiger charge is -2.29. The fourth-order valence-corrected chi connectivity index (χ4v) is 3.95. The monoisotopic (exact) mass is 305 g/mol. The summed E-state index contributed by atoms with van der Waals surface area (Å²) < 4.78 is 26.7. The number of rotatable bonds is 10. The Bertz CT molecular complexity index is 340. The molecule has 0 aromatic carbocycles. The van der Waals surface area contributed by atoms with E-state index < -0.39 is 10.0 Å². The Morgan fingerprint density at radius 2 is 1.85 bits per heavy atom. The van der Waals surface area contributed by atoms with E-state index in [2.05, 4.69) is 21.9 Å². The predicted octanol–water partition coefficient (Wildman–Crippen LogP) is 1.17. The fourth-order valence-electron chi connectivity index (χ4n) is 2.62. The highest BCUT2D eigenvalue weighted by atomic mass is 32.2. The number of sulfonamides is 1. The van der Waals surface area contributed by atoms with Gasteiger partial charge in [-0.1, -0.05) is 13.3 Å². The van der Waals surface area contributed by atoms with Crippen LogP contribution in [0.5, 0.6) is 0 Å². The van der Waals surface area contributed by atoms with Crippen molar-refractivity contribution in [3.05, 3.63) is 0 Å². The van der Waals surface area contributed by atoms with Gasteiger partial charge >= 0.3 is 0 Å². The van der Waals surface area contributed by atoms with Gasteiger partial charge in [-0.2, -0.15) is 0 Å². The molecule has 1 fully saturated rings. The minimum absolute atomic E-state index is 0.00157. The van der Waals surface area contributed by atoms with E-state index in [1.807, 2.05) is 6.92 Å². The van der Waals surface area contributed by atoms with E-state index in [-0.39, 0.29) is 11.8 Å². The molecule has 0 aliphatic carbocycles. The van der Waals surface area contributed by atoms with Gasteiger partial charge in [0.15, 0.2) is 0 Å². The SMILES string of the molecule is CCCNCCCS(=O)(=O)NC(C)CN1CCCCC1. The molecule has 0 spiro atoms. The third kappa shape index (κ3) is 8.19. The van der Waals surface area contributed by atoms with Crippen molar-refractivity contribution in [1.29, 1.82) is 0 Å². The second-order valence-corrected chi connectivity index (χ2v) is 7.68. The molecule has 1 heterocycles. The van der Waals surface area contributed by atoms with Crippen LogP contribution in [0.4, 0.5) is 0 Å². The van der Waals surface area contributed by atoms with Gasteiger partial charge in [-0.05, 0) is 58.8 Å². The van der Waals surface area contributed by atoms with E-state index in [1.165, 1.54) is 19.3 Å². The van der Waals surface area contributed by atoms with Crippen LogP contribution in [0.2, 0.25) is 0 Å². The van der Waals surface area contributed by atoms with Crippen LogP contribution in [0, 0.1) is 0 Å². The summed E-state index contributed by atoms with van der Waals surface area (Å²) in [6, 6.07) is 0.00157. The molecule has 0 radical (unpaired) electrons. The molecule has 0 aromatic heterocycles. The third-order valence-corrected chi connectivity index (χ3v) is 5.14. The number of hydrogen-bond donors (Lipinski definition) is 2. The van der Waals surface area contributed by atoms with Crippen LogP contribution >= 0.6 is 0 Å². The number of hydrogen-bond acceptors (Lipinski definition) is 4. The number of nitrogens with zero attached hydrogens (tertiary/aromatic N) is 1. The average Bonchev–Trinajstić information content (AvgIpc) is 2.38. The molecule has 6 heteroatoms. The molecule has 2 N–H and O–H groups in total. The molecule has 1 saturated heterocycles. The summed E-state index contributed by atoms with van der Waals surface area (Å²) in [4.78, 5) is 2.36. The van der Waals surface area contributed by atoms with Gasteiger partial charge in [0.25, 0.3) is 0 Å². The van der Waals surface area contributed by atoms with Crippen LogP contribution in [0.3, 0.4) is 0 Å². The fraction of sp³-hybridized carbons (Fsp3) is 1.00. The zero-order chi connectivity index (χ0) is 14.8. The molecule has 1 rings (SSSR count). The van der Waals surface area contributed by atoms with Gasteiger partial charge in [-0.3, -0.25) is 0 Å². The van der Waals surface area contributed by atoms with Crippen molar-refractivity contribution < 1.29 is 8.42 Å². The van der Waals surface area contributed by atoms with Gasteiger partial charge < -0.3 is 10.2 Å². The minimum Gasteiger partial charge on any atom is -0.317 e. The van der Waals surface area contributed by atoms with Crippen LogP contribution in [-0.4, -0.2) is 57.8 Å². The van der Waals surface area contributed by atoms with Gasteiger partial charge in [0.2, 0.25) is 10.0 Å². The minimum atomic E-state index is -3.14. The number of likely N-dealkylation sites (tertiary alicyclic amines) is 1. The van der Waals surface area contributed by atoms with Crippen LogP contribution in [0.25, 0.3) is 0 Å². The van der Waals surface area contributed by atoms with Gasteiger partial charge in [-0.15, -0.1) is 0 Å². The first kappa shape index (κ1) is 17.9. The highest BCUT2D eigenvalue weighted by Crippen LogP contribution is 2.09. The predicted molar refractivity (Wildman–Crippen MR) is 84.5 cm³/mol. The summed E-state index contributed by atoms with van der Waals surface area (Å²) in [6.07, 6.45) is 5.54. The Hall–Kier alpha value is -0.170. The molecule has 1 aliphatic heterocycles. The molecule has 1 atom stereocenters. The topological polar surface area (TPSA) is 61.4 Å². The first-order valence-corrected chi connectivity index (χ1v) is 9.62. The first-order chi connectivity index (χ1) is 9.53. The van der Waals surface area contributed by atoms with E-state index in [9.17, 15) is 8.42 Å². The van der Waals surface area contributed by atoms with Crippen molar-refractivity contribution in [3.8, 4) is 0 Å². The lowest BCUT2D eigenvalue weighted by molar-refractivity contribution is 0.215. The quantitative estimate of drug-likeness (QED) is 0.595. The van der Waals surface area contributed by atoms with E-state index >= 15 is 0 Å². The molecule has 5 nitrogen and oxygen atoms in total. The average molecular weight is 305 g/mol. The van der Waals surface area contributed by atoms with Gasteiger partial charge in [0.1, 0.15) is 0 Å². The van der Waals surface area contributed by atoms with E-state index in [4.69, 9.17) is 0 Å². The summed E-state index contributed by atoms with van der Waals surface area (Å²) in [7, 11) is -3.14. The van der Waals surface area contributed by atoms with Gasteiger partial charge in [-0.25, -0.2) is 13.1 Å². The maximum absolute atomic E-state index is 12.0. The molecule has 0 saturated carbocycles. The third-order valence-electron chi connectivity index (χ3n) is 3.55. The van der Waals surface area contributed by atoms with E-state index in [0.717, 1.165) is 39.1 Å². The van der Waals surface area contributed by atoms with Crippen LogP contribution in [0.15, 0.2) is 0 Å². The smallest absolute Gasteiger partial charge is 0.211 e. The summed E-state index contributed by atoms with van der Waals surface area (Å²) in [5, 5.41) is 3.23. The molecular weight excluding hydrogens is 274 g/mol. The normalized spacial score (nSPS) is 19.1. The maximum atomic E-state index is 12.0. The summed E-state index contributed by atoms with van der Waals surface area (Å²) in [5.41, 5.74) is 0. The van der Waals surface area contributed by atoms with Crippen LogP contribution < -0.4 is 10.0 Å². The standard InChI is InChI=1S/C14H31N3O2S/c1-3-8-15-9-7-12-20(18,19)16-14(2)13-17-10-5-4-6-11-17/h14-16H,3-13H2,1-2H3. The number of piperidine rings is 1. The Kier molecular flexibility index (Phi) is 8.68.